The lowest BCUT2D eigenvalue weighted by Gasteiger charge is -2.27. The van der Waals surface area contributed by atoms with Gasteiger partial charge >= 0.3 is 0 Å². The van der Waals surface area contributed by atoms with Crippen LogP contribution in [0.25, 0.3) is 10.9 Å². The van der Waals surface area contributed by atoms with E-state index < -0.39 is 0 Å². The number of carbonyl (C=O) groups excluding carboxylic acids is 1. The largest absolute Gasteiger partial charge is 0.396 e. The molecule has 1 aromatic carbocycles. The average Bonchev–Trinajstić information content (AvgIpc) is 3.39. The minimum Gasteiger partial charge on any atom is -0.396 e. The fourth-order valence-electron chi connectivity index (χ4n) is 5.55. The molecule has 2 aromatic rings. The number of para-hydroxylation sites is 1. The van der Waals surface area contributed by atoms with Crippen molar-refractivity contribution in [2.75, 3.05) is 19.7 Å². The third-order valence-corrected chi connectivity index (χ3v) is 6.86. The van der Waals surface area contributed by atoms with Gasteiger partial charge in [-0.1, -0.05) is 18.2 Å². The van der Waals surface area contributed by atoms with Gasteiger partial charge in [0.05, 0.1) is 18.2 Å². The summed E-state index contributed by atoms with van der Waals surface area (Å²) in [5.74, 6) is 0.772. The number of fused-ring (bicyclic) bond motifs is 2. The van der Waals surface area contributed by atoms with E-state index in [2.05, 4.69) is 29.4 Å². The number of nitrogens with zero attached hydrogens (tertiary/aromatic N) is 1. The zero-order chi connectivity index (χ0) is 17.7. The zero-order valence-corrected chi connectivity index (χ0v) is 15.0. The van der Waals surface area contributed by atoms with Gasteiger partial charge in [-0.25, -0.2) is 0 Å². The molecule has 138 valence electrons. The number of hydrogen-bond acceptors (Lipinski definition) is 3. The van der Waals surface area contributed by atoms with Crippen LogP contribution in [-0.4, -0.2) is 52.3 Å². The number of amides is 1. The summed E-state index contributed by atoms with van der Waals surface area (Å²) < 4.78 is 6.22. The maximum Gasteiger partial charge on any atom is 0.222 e. The van der Waals surface area contributed by atoms with Gasteiger partial charge in [0, 0.05) is 48.5 Å². The molecular formula is C21H26N2O3. The number of carbonyl (C=O) groups is 1. The normalized spacial score (nSPS) is 32.5. The van der Waals surface area contributed by atoms with Crippen LogP contribution in [-0.2, 0) is 16.0 Å². The molecule has 0 saturated carbocycles. The summed E-state index contributed by atoms with van der Waals surface area (Å²) in [5.41, 5.74) is 2.28. The number of ether oxygens (including phenoxy) is 1. The van der Waals surface area contributed by atoms with Crippen molar-refractivity contribution in [3.05, 3.63) is 36.0 Å². The Kier molecular flexibility index (Phi) is 3.83. The summed E-state index contributed by atoms with van der Waals surface area (Å²) in [6.07, 6.45) is 6.70. The minimum absolute atomic E-state index is 0.162. The van der Waals surface area contributed by atoms with Gasteiger partial charge in [-0.3, -0.25) is 4.79 Å². The summed E-state index contributed by atoms with van der Waals surface area (Å²) in [4.78, 5) is 18.0. The Hall–Kier alpha value is -1.85. The van der Waals surface area contributed by atoms with Crippen LogP contribution in [0.3, 0.4) is 0 Å². The van der Waals surface area contributed by atoms with Gasteiger partial charge in [-0.05, 0) is 37.3 Å². The fourth-order valence-corrected chi connectivity index (χ4v) is 5.55. The Labute approximate surface area is 153 Å². The van der Waals surface area contributed by atoms with Crippen molar-refractivity contribution < 1.29 is 14.6 Å². The van der Waals surface area contributed by atoms with Crippen molar-refractivity contribution >= 4 is 16.8 Å². The second kappa shape index (κ2) is 6.10. The van der Waals surface area contributed by atoms with Gasteiger partial charge in [-0.2, -0.15) is 0 Å². The first-order valence-electron chi connectivity index (χ1n) is 9.82. The third kappa shape index (κ3) is 2.41. The third-order valence-electron chi connectivity index (χ3n) is 6.86. The first-order valence-corrected chi connectivity index (χ1v) is 9.82. The first-order chi connectivity index (χ1) is 12.7. The van der Waals surface area contributed by atoms with Crippen LogP contribution in [0.2, 0.25) is 0 Å². The van der Waals surface area contributed by atoms with Gasteiger partial charge < -0.3 is 19.7 Å². The lowest BCUT2D eigenvalue weighted by molar-refractivity contribution is -0.131. The number of aliphatic hydroxyl groups is 1. The maximum atomic E-state index is 12.7. The summed E-state index contributed by atoms with van der Waals surface area (Å²) in [5, 5.41) is 11.0. The quantitative estimate of drug-likeness (QED) is 0.867. The van der Waals surface area contributed by atoms with Crippen molar-refractivity contribution in [3.63, 3.8) is 0 Å². The highest BCUT2D eigenvalue weighted by molar-refractivity contribution is 5.83. The predicted octanol–water partition coefficient (Wildman–Crippen LogP) is 2.49. The summed E-state index contributed by atoms with van der Waals surface area (Å²) in [6.45, 7) is 1.66. The van der Waals surface area contributed by atoms with E-state index in [-0.39, 0.29) is 30.1 Å². The highest BCUT2D eigenvalue weighted by atomic mass is 16.5. The number of aliphatic hydroxyl groups excluding tert-OH is 1. The Morgan fingerprint density at radius 3 is 3.15 bits per heavy atom. The van der Waals surface area contributed by atoms with Crippen LogP contribution in [0.4, 0.5) is 0 Å². The van der Waals surface area contributed by atoms with Crippen LogP contribution in [0.15, 0.2) is 30.5 Å². The van der Waals surface area contributed by atoms with Crippen LogP contribution < -0.4 is 0 Å². The second-order valence-electron chi connectivity index (χ2n) is 8.20. The lowest BCUT2D eigenvalue weighted by atomic mass is 9.74. The number of aryl methyl sites for hydroxylation is 1. The molecule has 5 nitrogen and oxygen atoms in total. The maximum absolute atomic E-state index is 12.7. The molecule has 0 aliphatic carbocycles. The summed E-state index contributed by atoms with van der Waals surface area (Å²) in [6, 6.07) is 8.30. The number of aromatic amines is 1. The van der Waals surface area contributed by atoms with Crippen LogP contribution in [0.5, 0.6) is 0 Å². The summed E-state index contributed by atoms with van der Waals surface area (Å²) in [7, 11) is 0. The van der Waals surface area contributed by atoms with Gasteiger partial charge in [0.25, 0.3) is 0 Å². The number of rotatable bonds is 5. The van der Waals surface area contributed by atoms with E-state index in [0.717, 1.165) is 44.3 Å². The molecule has 4 heterocycles. The Bertz CT molecular complexity index is 832. The van der Waals surface area contributed by atoms with Crippen molar-refractivity contribution in [1.29, 1.82) is 0 Å². The Morgan fingerprint density at radius 1 is 1.38 bits per heavy atom. The molecule has 0 radical (unpaired) electrons. The van der Waals surface area contributed by atoms with Gasteiger partial charge in [0.1, 0.15) is 0 Å². The van der Waals surface area contributed by atoms with Crippen LogP contribution in [0, 0.1) is 11.8 Å². The van der Waals surface area contributed by atoms with Crippen molar-refractivity contribution in [3.8, 4) is 0 Å². The SMILES string of the molecule is O=C(CCCc1c[nH]c2ccccc12)N1C[C@@H]2[C@H](CO)[C@H]3CC[C@]2(C1)O3. The highest BCUT2D eigenvalue weighted by Gasteiger charge is 2.63. The molecule has 26 heavy (non-hydrogen) atoms. The molecule has 3 aliphatic rings. The molecule has 2 N–H and O–H groups in total. The van der Waals surface area contributed by atoms with E-state index in [1.54, 1.807) is 0 Å². The van der Waals surface area contributed by atoms with E-state index in [1.807, 2.05) is 11.0 Å². The molecule has 3 fully saturated rings. The van der Waals surface area contributed by atoms with E-state index in [1.165, 1.54) is 10.9 Å². The van der Waals surface area contributed by atoms with Gasteiger partial charge in [0.15, 0.2) is 0 Å². The number of H-pyrrole nitrogens is 1. The monoisotopic (exact) mass is 354 g/mol. The van der Waals surface area contributed by atoms with Crippen molar-refractivity contribution in [2.45, 2.75) is 43.8 Å². The number of benzene rings is 1. The molecule has 5 rings (SSSR count). The molecule has 3 aliphatic heterocycles. The number of nitrogens with one attached hydrogen (secondary N) is 1. The van der Waals surface area contributed by atoms with Crippen molar-refractivity contribution in [2.24, 2.45) is 11.8 Å². The molecule has 1 aromatic heterocycles. The zero-order valence-electron chi connectivity index (χ0n) is 15.0. The summed E-state index contributed by atoms with van der Waals surface area (Å²) >= 11 is 0. The topological polar surface area (TPSA) is 65.6 Å². The minimum atomic E-state index is -0.162. The number of hydrogen-bond donors (Lipinski definition) is 2. The van der Waals surface area contributed by atoms with E-state index in [9.17, 15) is 9.90 Å². The van der Waals surface area contributed by atoms with Crippen LogP contribution in [0.1, 0.15) is 31.2 Å². The molecule has 1 spiro atoms. The van der Waals surface area contributed by atoms with E-state index >= 15 is 0 Å². The molecule has 1 amide bonds. The average molecular weight is 354 g/mol. The lowest BCUT2D eigenvalue weighted by Crippen LogP contribution is -2.38. The molecule has 2 bridgehead atoms. The Morgan fingerprint density at radius 2 is 2.27 bits per heavy atom. The highest BCUT2D eigenvalue weighted by Crippen LogP contribution is 2.54. The fraction of sp³-hybridized carbons (Fsp3) is 0.571. The second-order valence-corrected chi connectivity index (χ2v) is 8.20. The van der Waals surface area contributed by atoms with E-state index in [0.29, 0.717) is 12.3 Å². The van der Waals surface area contributed by atoms with Crippen LogP contribution >= 0.6 is 0 Å². The molecular weight excluding hydrogens is 328 g/mol. The number of likely N-dealkylation sites (tertiary alicyclic amines) is 1. The number of aromatic nitrogens is 1. The molecule has 3 saturated heterocycles. The first kappa shape index (κ1) is 16.3. The van der Waals surface area contributed by atoms with Crippen molar-refractivity contribution in [1.82, 2.24) is 9.88 Å². The molecule has 0 unspecified atom stereocenters. The van der Waals surface area contributed by atoms with Gasteiger partial charge in [-0.15, -0.1) is 0 Å². The van der Waals surface area contributed by atoms with Gasteiger partial charge in [0.2, 0.25) is 5.91 Å². The molecule has 4 atom stereocenters. The predicted molar refractivity (Wildman–Crippen MR) is 98.7 cm³/mol. The standard InChI is InChI=1S/C21H26N2O3/c24-12-16-17-11-23(13-21(17)9-8-19(16)26-21)20(25)7-3-4-14-10-22-18-6-2-1-5-15(14)18/h1-2,5-6,10,16-17,19,22,24H,3-4,7-9,11-13H2/t16-,17+,19+,21+/m0/s1. The van der Waals surface area contributed by atoms with E-state index in [4.69, 9.17) is 4.74 Å². The smallest absolute Gasteiger partial charge is 0.222 e. The molecule has 5 heteroatoms. The Balaban J connectivity index is 1.19.